The Labute approximate surface area is 87.6 Å². The smallest absolute Gasteiger partial charge is 0.329 e. The lowest BCUT2D eigenvalue weighted by Gasteiger charge is -2.16. The second-order valence-corrected chi connectivity index (χ2v) is 3.34. The molecule has 0 aliphatic heterocycles. The highest BCUT2D eigenvalue weighted by atomic mass is 16.5. The molecule has 15 heavy (non-hydrogen) atoms. The van der Waals surface area contributed by atoms with Crippen LogP contribution in [-0.2, 0) is 19.1 Å². The van der Waals surface area contributed by atoms with Crippen LogP contribution in [0.15, 0.2) is 0 Å². The van der Waals surface area contributed by atoms with Gasteiger partial charge < -0.3 is 15.2 Å². The van der Waals surface area contributed by atoms with Crippen LogP contribution in [0.4, 0.5) is 0 Å². The summed E-state index contributed by atoms with van der Waals surface area (Å²) < 4.78 is 4.80. The summed E-state index contributed by atoms with van der Waals surface area (Å²) in [4.78, 5) is 32.5. The number of amides is 1. The normalized spacial score (nSPS) is 12.0. The van der Waals surface area contributed by atoms with Gasteiger partial charge in [-0.25, -0.2) is 4.79 Å². The van der Waals surface area contributed by atoms with E-state index in [9.17, 15) is 14.4 Å². The molecule has 0 aromatic rings. The maximum absolute atomic E-state index is 11.3. The van der Waals surface area contributed by atoms with Gasteiger partial charge in [-0.15, -0.1) is 0 Å². The first kappa shape index (κ1) is 13.4. The number of carboxylic acid groups (broad SMARTS) is 1. The zero-order chi connectivity index (χ0) is 12.0. The van der Waals surface area contributed by atoms with Crippen molar-refractivity contribution in [1.29, 1.82) is 0 Å². The van der Waals surface area contributed by atoms with Crippen LogP contribution < -0.4 is 5.32 Å². The fourth-order valence-corrected chi connectivity index (χ4v) is 0.928. The molecule has 0 aromatic carbocycles. The molecule has 0 aliphatic rings. The summed E-state index contributed by atoms with van der Waals surface area (Å²) in [5.41, 5.74) is 0. The molecule has 0 fully saturated rings. The summed E-state index contributed by atoms with van der Waals surface area (Å²) >= 11 is 0. The van der Waals surface area contributed by atoms with Gasteiger partial charge in [-0.05, 0) is 13.8 Å². The van der Waals surface area contributed by atoms with Crippen LogP contribution in [0.3, 0.4) is 0 Å². The van der Waals surface area contributed by atoms with E-state index < -0.39 is 30.3 Å². The van der Waals surface area contributed by atoms with E-state index in [1.54, 1.807) is 13.8 Å². The van der Waals surface area contributed by atoms with E-state index in [0.29, 0.717) is 0 Å². The van der Waals surface area contributed by atoms with Gasteiger partial charge in [0.25, 0.3) is 0 Å². The molecule has 0 spiro atoms. The SMILES string of the molecule is CC(=O)N[C@@H](CC(=O)O)C(=O)OC(C)C. The standard InChI is InChI=1S/C9H15NO5/c1-5(2)15-9(14)7(4-8(12)13)10-6(3)11/h5,7H,4H2,1-3H3,(H,10,11)(H,12,13)/t7-/m0/s1. The van der Waals surface area contributed by atoms with Crippen molar-refractivity contribution >= 4 is 17.8 Å². The molecule has 1 atom stereocenters. The number of hydrogen-bond acceptors (Lipinski definition) is 4. The van der Waals surface area contributed by atoms with Crippen LogP contribution in [0.1, 0.15) is 27.2 Å². The van der Waals surface area contributed by atoms with Crippen LogP contribution >= 0.6 is 0 Å². The van der Waals surface area contributed by atoms with E-state index in [-0.39, 0.29) is 6.10 Å². The van der Waals surface area contributed by atoms with Crippen LogP contribution in [0.5, 0.6) is 0 Å². The highest BCUT2D eigenvalue weighted by molar-refractivity contribution is 5.86. The second-order valence-electron chi connectivity index (χ2n) is 3.34. The number of ether oxygens (including phenoxy) is 1. The number of rotatable bonds is 5. The lowest BCUT2D eigenvalue weighted by Crippen LogP contribution is -2.43. The van der Waals surface area contributed by atoms with Crippen molar-refractivity contribution in [3.63, 3.8) is 0 Å². The predicted octanol–water partition coefficient (Wildman–Crippen LogP) is -0.0826. The minimum atomic E-state index is -1.17. The molecular formula is C9H15NO5. The molecular weight excluding hydrogens is 202 g/mol. The number of carbonyl (C=O) groups excluding carboxylic acids is 2. The number of carboxylic acids is 1. The van der Waals surface area contributed by atoms with Crippen molar-refractivity contribution in [3.05, 3.63) is 0 Å². The van der Waals surface area contributed by atoms with Gasteiger partial charge in [-0.1, -0.05) is 0 Å². The third kappa shape index (κ3) is 6.48. The molecule has 0 rings (SSSR count). The Hall–Kier alpha value is -1.59. The molecule has 0 aliphatic carbocycles. The molecule has 0 heterocycles. The lowest BCUT2D eigenvalue weighted by molar-refractivity contribution is -0.154. The average Bonchev–Trinajstić information content (AvgIpc) is 1.99. The molecule has 86 valence electrons. The molecule has 6 nitrogen and oxygen atoms in total. The molecule has 0 bridgehead atoms. The quantitative estimate of drug-likeness (QED) is 0.628. The summed E-state index contributed by atoms with van der Waals surface area (Å²) in [5.74, 6) is -2.38. The van der Waals surface area contributed by atoms with Crippen LogP contribution in [0, 0.1) is 0 Å². The third-order valence-electron chi connectivity index (χ3n) is 1.39. The van der Waals surface area contributed by atoms with Gasteiger partial charge in [0.2, 0.25) is 5.91 Å². The summed E-state index contributed by atoms with van der Waals surface area (Å²) in [6, 6.07) is -1.12. The zero-order valence-corrected chi connectivity index (χ0v) is 8.94. The fraction of sp³-hybridized carbons (Fsp3) is 0.667. The Balaban J connectivity index is 4.40. The number of carbonyl (C=O) groups is 3. The largest absolute Gasteiger partial charge is 0.481 e. The van der Waals surface area contributed by atoms with E-state index in [0.717, 1.165) is 0 Å². The van der Waals surface area contributed by atoms with Crippen LogP contribution in [0.2, 0.25) is 0 Å². The van der Waals surface area contributed by atoms with Gasteiger partial charge in [0.05, 0.1) is 12.5 Å². The molecule has 0 aromatic heterocycles. The molecule has 0 saturated carbocycles. The Morgan fingerprint density at radius 3 is 2.20 bits per heavy atom. The summed E-state index contributed by atoms with van der Waals surface area (Å²) in [7, 11) is 0. The minimum absolute atomic E-state index is 0.345. The van der Waals surface area contributed by atoms with E-state index in [1.807, 2.05) is 0 Å². The molecule has 0 radical (unpaired) electrons. The van der Waals surface area contributed by atoms with Crippen molar-refractivity contribution < 1.29 is 24.2 Å². The molecule has 0 unspecified atom stereocenters. The maximum Gasteiger partial charge on any atom is 0.329 e. The van der Waals surface area contributed by atoms with E-state index in [4.69, 9.17) is 9.84 Å². The van der Waals surface area contributed by atoms with Gasteiger partial charge in [-0.2, -0.15) is 0 Å². The predicted molar refractivity (Wildman–Crippen MR) is 51.1 cm³/mol. The van der Waals surface area contributed by atoms with Crippen molar-refractivity contribution in [1.82, 2.24) is 5.32 Å². The van der Waals surface area contributed by atoms with Crippen LogP contribution in [-0.4, -0.2) is 35.1 Å². The van der Waals surface area contributed by atoms with Crippen molar-refractivity contribution in [2.24, 2.45) is 0 Å². The summed E-state index contributed by atoms with van der Waals surface area (Å²) in [6.45, 7) is 4.49. The first-order chi connectivity index (χ1) is 6.82. The van der Waals surface area contributed by atoms with Gasteiger partial charge in [-0.3, -0.25) is 9.59 Å². The van der Waals surface area contributed by atoms with Crippen LogP contribution in [0.25, 0.3) is 0 Å². The number of nitrogens with one attached hydrogen (secondary N) is 1. The second kappa shape index (κ2) is 6.00. The Morgan fingerprint density at radius 2 is 1.87 bits per heavy atom. The van der Waals surface area contributed by atoms with Crippen molar-refractivity contribution in [3.8, 4) is 0 Å². The highest BCUT2D eigenvalue weighted by Crippen LogP contribution is 1.99. The molecule has 1 amide bonds. The Morgan fingerprint density at radius 1 is 1.33 bits per heavy atom. The Kier molecular flexibility index (Phi) is 5.36. The molecule has 6 heteroatoms. The Bertz CT molecular complexity index is 245. The summed E-state index contributed by atoms with van der Waals surface area (Å²) in [5, 5.41) is 10.7. The van der Waals surface area contributed by atoms with Gasteiger partial charge >= 0.3 is 11.9 Å². The van der Waals surface area contributed by atoms with E-state index in [2.05, 4.69) is 5.32 Å². The third-order valence-corrected chi connectivity index (χ3v) is 1.39. The first-order valence-electron chi connectivity index (χ1n) is 4.52. The number of aliphatic carboxylic acids is 1. The topological polar surface area (TPSA) is 92.7 Å². The molecule has 2 N–H and O–H groups in total. The van der Waals surface area contributed by atoms with Gasteiger partial charge in [0, 0.05) is 6.92 Å². The van der Waals surface area contributed by atoms with Crippen molar-refractivity contribution in [2.45, 2.75) is 39.3 Å². The van der Waals surface area contributed by atoms with E-state index >= 15 is 0 Å². The summed E-state index contributed by atoms with van der Waals surface area (Å²) in [6.07, 6.45) is -0.826. The lowest BCUT2D eigenvalue weighted by atomic mass is 10.2. The number of esters is 1. The fourth-order valence-electron chi connectivity index (χ4n) is 0.928. The molecule has 0 saturated heterocycles. The number of hydrogen-bond donors (Lipinski definition) is 2. The monoisotopic (exact) mass is 217 g/mol. The van der Waals surface area contributed by atoms with Gasteiger partial charge in [0.1, 0.15) is 6.04 Å². The highest BCUT2D eigenvalue weighted by Gasteiger charge is 2.24. The van der Waals surface area contributed by atoms with E-state index in [1.165, 1.54) is 6.92 Å². The maximum atomic E-state index is 11.3. The van der Waals surface area contributed by atoms with Crippen molar-refractivity contribution in [2.75, 3.05) is 0 Å². The average molecular weight is 217 g/mol. The zero-order valence-electron chi connectivity index (χ0n) is 8.94. The van der Waals surface area contributed by atoms with Gasteiger partial charge in [0.15, 0.2) is 0 Å². The minimum Gasteiger partial charge on any atom is -0.481 e. The first-order valence-corrected chi connectivity index (χ1v) is 4.52.